The normalized spacial score (nSPS) is 10.3. The van der Waals surface area contributed by atoms with Crippen molar-refractivity contribution in [2.75, 3.05) is 7.05 Å². The van der Waals surface area contributed by atoms with Gasteiger partial charge >= 0.3 is 0 Å². The number of rotatable bonds is 2. The van der Waals surface area contributed by atoms with Crippen LogP contribution in [-0.2, 0) is 0 Å². The molecule has 2 N–H and O–H groups in total. The van der Waals surface area contributed by atoms with Crippen molar-refractivity contribution in [1.29, 1.82) is 0 Å². The summed E-state index contributed by atoms with van der Waals surface area (Å²) in [5.41, 5.74) is 3.47. The summed E-state index contributed by atoms with van der Waals surface area (Å²) in [4.78, 5) is 0. The highest BCUT2D eigenvalue weighted by Gasteiger charge is 1.96. The lowest BCUT2D eigenvalue weighted by Crippen LogP contribution is -2.28. The molecule has 15 heavy (non-hydrogen) atoms. The summed E-state index contributed by atoms with van der Waals surface area (Å²) < 4.78 is 0. The van der Waals surface area contributed by atoms with E-state index in [9.17, 15) is 0 Å². The van der Waals surface area contributed by atoms with Crippen molar-refractivity contribution in [2.24, 2.45) is 5.10 Å². The largest absolute Gasteiger partial charge is 0.364 e. The Morgan fingerprint density at radius 2 is 2.13 bits per heavy atom. The van der Waals surface area contributed by atoms with Crippen LogP contribution in [0.4, 0.5) is 0 Å². The fourth-order valence-electron chi connectivity index (χ4n) is 0.814. The van der Waals surface area contributed by atoms with E-state index in [0.717, 1.165) is 5.56 Å². The molecule has 0 saturated heterocycles. The van der Waals surface area contributed by atoms with E-state index in [1.165, 1.54) is 0 Å². The van der Waals surface area contributed by atoms with Gasteiger partial charge in [0, 0.05) is 7.05 Å². The average molecular weight is 262 g/mol. The van der Waals surface area contributed by atoms with Gasteiger partial charge in [0.05, 0.1) is 16.3 Å². The zero-order valence-electron chi connectivity index (χ0n) is 7.92. The molecule has 1 rings (SSSR count). The summed E-state index contributed by atoms with van der Waals surface area (Å²) in [6, 6.07) is 5.24. The van der Waals surface area contributed by atoms with Gasteiger partial charge in [-0.2, -0.15) is 5.10 Å². The molecule has 0 heterocycles. The predicted octanol–water partition coefficient (Wildman–Crippen LogP) is 2.42. The molecule has 1 aromatic carbocycles. The van der Waals surface area contributed by atoms with Crippen LogP contribution in [-0.4, -0.2) is 18.4 Å². The SMILES string of the molecule is CNC(=S)N/N=C\c1ccc(Cl)c(Cl)c1. The van der Waals surface area contributed by atoms with Crippen LogP contribution >= 0.6 is 35.4 Å². The fraction of sp³-hybridized carbons (Fsp3) is 0.111. The molecule has 6 heteroatoms. The Labute approximate surface area is 103 Å². The van der Waals surface area contributed by atoms with Gasteiger partial charge in [-0.25, -0.2) is 0 Å². The lowest BCUT2D eigenvalue weighted by Gasteiger charge is -2.00. The number of hydrogen-bond donors (Lipinski definition) is 2. The molecule has 0 saturated carbocycles. The zero-order chi connectivity index (χ0) is 11.3. The molecule has 0 bridgehead atoms. The summed E-state index contributed by atoms with van der Waals surface area (Å²) in [7, 11) is 1.71. The number of hydrogen-bond acceptors (Lipinski definition) is 2. The van der Waals surface area contributed by atoms with Crippen molar-refractivity contribution in [2.45, 2.75) is 0 Å². The van der Waals surface area contributed by atoms with Crippen LogP contribution in [0.15, 0.2) is 23.3 Å². The van der Waals surface area contributed by atoms with E-state index in [1.807, 2.05) is 6.07 Å². The van der Waals surface area contributed by atoms with Crippen LogP contribution < -0.4 is 10.7 Å². The van der Waals surface area contributed by atoms with E-state index in [1.54, 1.807) is 25.4 Å². The Morgan fingerprint density at radius 3 is 2.73 bits per heavy atom. The summed E-state index contributed by atoms with van der Waals surface area (Å²) in [6.45, 7) is 0. The quantitative estimate of drug-likeness (QED) is 0.488. The van der Waals surface area contributed by atoms with Gasteiger partial charge in [-0.1, -0.05) is 29.3 Å². The minimum Gasteiger partial charge on any atom is -0.364 e. The first-order chi connectivity index (χ1) is 7.13. The zero-order valence-corrected chi connectivity index (χ0v) is 10.2. The Hall–Kier alpha value is -0.840. The van der Waals surface area contributed by atoms with E-state index >= 15 is 0 Å². The van der Waals surface area contributed by atoms with E-state index in [2.05, 4.69) is 15.8 Å². The Balaban J connectivity index is 2.65. The molecule has 0 unspecified atom stereocenters. The number of halogens is 2. The summed E-state index contributed by atoms with van der Waals surface area (Å²) in [5.74, 6) is 0. The highest BCUT2D eigenvalue weighted by atomic mass is 35.5. The smallest absolute Gasteiger partial charge is 0.186 e. The average Bonchev–Trinajstić information content (AvgIpc) is 2.23. The predicted molar refractivity (Wildman–Crippen MR) is 68.8 cm³/mol. The minimum atomic E-state index is 0.450. The molecule has 0 aliphatic rings. The molecule has 0 atom stereocenters. The van der Waals surface area contributed by atoms with Crippen molar-refractivity contribution >= 4 is 46.7 Å². The van der Waals surface area contributed by atoms with E-state index in [0.29, 0.717) is 15.2 Å². The Morgan fingerprint density at radius 1 is 1.40 bits per heavy atom. The van der Waals surface area contributed by atoms with Crippen LogP contribution in [0.1, 0.15) is 5.56 Å². The van der Waals surface area contributed by atoms with Gasteiger partial charge in [0.25, 0.3) is 0 Å². The molecule has 0 radical (unpaired) electrons. The number of nitrogens with one attached hydrogen (secondary N) is 2. The third kappa shape index (κ3) is 4.03. The highest BCUT2D eigenvalue weighted by Crippen LogP contribution is 2.21. The lowest BCUT2D eigenvalue weighted by atomic mass is 10.2. The molecule has 0 spiro atoms. The van der Waals surface area contributed by atoms with E-state index in [4.69, 9.17) is 35.4 Å². The molecule has 0 amide bonds. The first-order valence-electron chi connectivity index (χ1n) is 4.09. The van der Waals surface area contributed by atoms with Gasteiger partial charge in [-0.3, -0.25) is 5.43 Å². The van der Waals surface area contributed by atoms with E-state index in [-0.39, 0.29) is 0 Å². The minimum absolute atomic E-state index is 0.450. The number of thiocarbonyl (C=S) groups is 1. The first kappa shape index (κ1) is 12.2. The number of nitrogens with zero attached hydrogens (tertiary/aromatic N) is 1. The fourth-order valence-corrected chi connectivity index (χ4v) is 1.17. The summed E-state index contributed by atoms with van der Waals surface area (Å²) in [6.07, 6.45) is 1.60. The van der Waals surface area contributed by atoms with Gasteiger partial charge in [-0.05, 0) is 29.9 Å². The standard InChI is InChI=1S/C9H9Cl2N3S/c1-12-9(15)14-13-5-6-2-3-7(10)8(11)4-6/h2-5H,1H3,(H2,12,14,15)/b13-5-. The molecular weight excluding hydrogens is 253 g/mol. The summed E-state index contributed by atoms with van der Waals surface area (Å²) in [5, 5.41) is 8.10. The van der Waals surface area contributed by atoms with Crippen LogP contribution in [0, 0.1) is 0 Å². The third-order valence-electron chi connectivity index (χ3n) is 1.55. The monoisotopic (exact) mass is 261 g/mol. The van der Waals surface area contributed by atoms with Gasteiger partial charge in [-0.15, -0.1) is 0 Å². The molecule has 80 valence electrons. The Kier molecular flexibility index (Phi) is 4.81. The lowest BCUT2D eigenvalue weighted by molar-refractivity contribution is 0.982. The van der Waals surface area contributed by atoms with Gasteiger partial charge in [0.1, 0.15) is 0 Å². The van der Waals surface area contributed by atoms with Crippen LogP contribution in [0.5, 0.6) is 0 Å². The molecule has 0 aliphatic carbocycles. The maximum atomic E-state index is 5.83. The second kappa shape index (κ2) is 5.90. The van der Waals surface area contributed by atoms with E-state index < -0.39 is 0 Å². The van der Waals surface area contributed by atoms with Gasteiger partial charge in [0.2, 0.25) is 0 Å². The molecule has 1 aromatic rings. The Bertz CT molecular complexity index is 393. The second-order valence-electron chi connectivity index (χ2n) is 2.62. The first-order valence-corrected chi connectivity index (χ1v) is 5.25. The maximum absolute atomic E-state index is 5.83. The molecule has 0 aromatic heterocycles. The summed E-state index contributed by atoms with van der Waals surface area (Å²) >= 11 is 16.4. The van der Waals surface area contributed by atoms with Crippen LogP contribution in [0.3, 0.4) is 0 Å². The number of benzene rings is 1. The topological polar surface area (TPSA) is 36.4 Å². The van der Waals surface area contributed by atoms with Gasteiger partial charge in [0.15, 0.2) is 5.11 Å². The van der Waals surface area contributed by atoms with Crippen molar-refractivity contribution in [3.05, 3.63) is 33.8 Å². The molecular formula is C9H9Cl2N3S. The van der Waals surface area contributed by atoms with Crippen LogP contribution in [0.2, 0.25) is 10.0 Å². The van der Waals surface area contributed by atoms with Crippen molar-refractivity contribution in [3.8, 4) is 0 Å². The van der Waals surface area contributed by atoms with Crippen molar-refractivity contribution in [3.63, 3.8) is 0 Å². The maximum Gasteiger partial charge on any atom is 0.186 e. The molecule has 0 aliphatic heterocycles. The third-order valence-corrected chi connectivity index (χ3v) is 2.58. The number of hydrazone groups is 1. The second-order valence-corrected chi connectivity index (χ2v) is 3.85. The molecule has 3 nitrogen and oxygen atoms in total. The van der Waals surface area contributed by atoms with Crippen molar-refractivity contribution in [1.82, 2.24) is 10.7 Å². The van der Waals surface area contributed by atoms with Crippen molar-refractivity contribution < 1.29 is 0 Å². The highest BCUT2D eigenvalue weighted by molar-refractivity contribution is 7.80. The van der Waals surface area contributed by atoms with Crippen LogP contribution in [0.25, 0.3) is 0 Å². The van der Waals surface area contributed by atoms with Gasteiger partial charge < -0.3 is 5.32 Å². The molecule has 0 fully saturated rings.